The highest BCUT2D eigenvalue weighted by Gasteiger charge is 2.14. The van der Waals surface area contributed by atoms with Crippen molar-refractivity contribution in [3.05, 3.63) is 0 Å². The molecular formula is C3H8BrO3P. The zero-order chi connectivity index (χ0) is 6.78. The summed E-state index contributed by atoms with van der Waals surface area (Å²) in [5, 5.41) is 0. The van der Waals surface area contributed by atoms with Crippen molar-refractivity contribution in [3.63, 3.8) is 0 Å². The van der Waals surface area contributed by atoms with Crippen LogP contribution in [0.1, 0.15) is 13.8 Å². The number of halogens is 1. The Hall–Kier alpha value is 0.630. The molecule has 0 aliphatic rings. The first-order valence-corrected chi connectivity index (χ1v) is 5.72. The highest BCUT2D eigenvalue weighted by molar-refractivity contribution is 9.39. The smallest absolute Gasteiger partial charge is 0.316 e. The summed E-state index contributed by atoms with van der Waals surface area (Å²) in [5.41, 5.74) is 0. The Morgan fingerprint density at radius 2 is 2.12 bits per heavy atom. The van der Waals surface area contributed by atoms with Crippen LogP contribution in [0.2, 0.25) is 0 Å². The van der Waals surface area contributed by atoms with Crippen molar-refractivity contribution in [2.45, 2.75) is 20.0 Å². The molecule has 0 aromatic rings. The first kappa shape index (κ1) is 8.63. The van der Waals surface area contributed by atoms with E-state index in [1.165, 1.54) is 0 Å². The highest BCUT2D eigenvalue weighted by Crippen LogP contribution is 2.51. The van der Waals surface area contributed by atoms with Crippen molar-refractivity contribution in [1.29, 1.82) is 0 Å². The molecule has 0 saturated carbocycles. The second-order valence-electron chi connectivity index (χ2n) is 1.61. The average Bonchev–Trinajstić information content (AvgIpc) is 1.21. The molecule has 0 fully saturated rings. The Bertz CT molecular complexity index is 107. The van der Waals surface area contributed by atoms with E-state index in [0.29, 0.717) is 0 Å². The van der Waals surface area contributed by atoms with Gasteiger partial charge in [-0.3, -0.25) is 4.52 Å². The molecule has 8 heavy (non-hydrogen) atoms. The molecule has 0 amide bonds. The van der Waals surface area contributed by atoms with Gasteiger partial charge < -0.3 is 4.89 Å². The number of hydrogen-bond acceptors (Lipinski definition) is 2. The van der Waals surface area contributed by atoms with Gasteiger partial charge in [-0.2, -0.15) is 0 Å². The molecule has 0 spiro atoms. The molecule has 0 radical (unpaired) electrons. The molecule has 0 heterocycles. The summed E-state index contributed by atoms with van der Waals surface area (Å²) in [6, 6.07) is 0. The zero-order valence-electron chi connectivity index (χ0n) is 4.67. The lowest BCUT2D eigenvalue weighted by Gasteiger charge is -2.06. The maximum atomic E-state index is 10.3. The fourth-order valence-electron chi connectivity index (χ4n) is 0.260. The minimum Gasteiger partial charge on any atom is -0.316 e. The van der Waals surface area contributed by atoms with Gasteiger partial charge in [-0.25, -0.2) is 4.57 Å². The van der Waals surface area contributed by atoms with Crippen LogP contribution in [0, 0.1) is 0 Å². The van der Waals surface area contributed by atoms with E-state index < -0.39 is 6.30 Å². The van der Waals surface area contributed by atoms with Crippen molar-refractivity contribution >= 4 is 21.8 Å². The first-order chi connectivity index (χ1) is 3.42. The van der Waals surface area contributed by atoms with E-state index in [1.807, 2.05) is 0 Å². The maximum Gasteiger partial charge on any atom is 0.393 e. The summed E-state index contributed by atoms with van der Waals surface area (Å²) >= 11 is 2.47. The van der Waals surface area contributed by atoms with Gasteiger partial charge in [0, 0.05) is 15.5 Å². The van der Waals surface area contributed by atoms with Gasteiger partial charge in [0.05, 0.1) is 6.10 Å². The Labute approximate surface area is 56.3 Å². The van der Waals surface area contributed by atoms with E-state index in [9.17, 15) is 4.57 Å². The molecule has 1 N–H and O–H groups in total. The molecule has 0 aliphatic heterocycles. The van der Waals surface area contributed by atoms with E-state index in [2.05, 4.69) is 20.0 Å². The van der Waals surface area contributed by atoms with Crippen molar-refractivity contribution < 1.29 is 14.0 Å². The zero-order valence-corrected chi connectivity index (χ0v) is 7.15. The van der Waals surface area contributed by atoms with Crippen LogP contribution >= 0.6 is 21.8 Å². The molecule has 5 heteroatoms. The third kappa shape index (κ3) is 6.63. The molecule has 0 aromatic heterocycles. The Morgan fingerprint density at radius 1 is 1.75 bits per heavy atom. The van der Waals surface area contributed by atoms with Gasteiger partial charge in [-0.05, 0) is 13.8 Å². The van der Waals surface area contributed by atoms with Crippen LogP contribution in [-0.4, -0.2) is 11.0 Å². The average molecular weight is 203 g/mol. The van der Waals surface area contributed by atoms with Crippen molar-refractivity contribution in [2.24, 2.45) is 0 Å². The number of rotatable bonds is 2. The Balaban J connectivity index is 3.56. The van der Waals surface area contributed by atoms with Gasteiger partial charge in [0.15, 0.2) is 0 Å². The second kappa shape index (κ2) is 2.97. The van der Waals surface area contributed by atoms with Crippen LogP contribution in [0.4, 0.5) is 0 Å². The Morgan fingerprint density at radius 3 is 2.12 bits per heavy atom. The van der Waals surface area contributed by atoms with Gasteiger partial charge >= 0.3 is 6.30 Å². The molecule has 1 atom stereocenters. The van der Waals surface area contributed by atoms with Crippen LogP contribution in [0.15, 0.2) is 0 Å². The van der Waals surface area contributed by atoms with Crippen LogP contribution in [0.3, 0.4) is 0 Å². The van der Waals surface area contributed by atoms with Crippen molar-refractivity contribution in [2.75, 3.05) is 0 Å². The molecule has 3 nitrogen and oxygen atoms in total. The van der Waals surface area contributed by atoms with Crippen molar-refractivity contribution in [3.8, 4) is 0 Å². The summed E-state index contributed by atoms with van der Waals surface area (Å²) in [4.78, 5) is 8.44. The molecule has 0 bridgehead atoms. The lowest BCUT2D eigenvalue weighted by molar-refractivity contribution is 0.219. The molecular weight excluding hydrogens is 195 g/mol. The van der Waals surface area contributed by atoms with Crippen LogP contribution in [0.5, 0.6) is 0 Å². The molecule has 0 saturated heterocycles. The predicted octanol–water partition coefficient (Wildman–Crippen LogP) is 1.91. The monoisotopic (exact) mass is 202 g/mol. The SMILES string of the molecule is CC(C)OP(=O)(O)Br. The minimum absolute atomic E-state index is 0.217. The van der Waals surface area contributed by atoms with E-state index >= 15 is 0 Å². The van der Waals surface area contributed by atoms with Crippen LogP contribution in [-0.2, 0) is 9.09 Å². The minimum atomic E-state index is -3.41. The van der Waals surface area contributed by atoms with Gasteiger partial charge in [-0.1, -0.05) is 0 Å². The van der Waals surface area contributed by atoms with E-state index in [1.54, 1.807) is 13.8 Å². The van der Waals surface area contributed by atoms with Crippen LogP contribution in [0.25, 0.3) is 0 Å². The summed E-state index contributed by atoms with van der Waals surface area (Å²) in [6.07, 6.45) is -3.63. The fourth-order valence-corrected chi connectivity index (χ4v) is 1.78. The molecule has 50 valence electrons. The second-order valence-corrected chi connectivity index (χ2v) is 5.41. The quantitative estimate of drug-likeness (QED) is 0.697. The summed E-state index contributed by atoms with van der Waals surface area (Å²) in [7, 11) is 0. The molecule has 0 aromatic carbocycles. The summed E-state index contributed by atoms with van der Waals surface area (Å²) in [5.74, 6) is 0. The highest BCUT2D eigenvalue weighted by atomic mass is 79.9. The van der Waals surface area contributed by atoms with Gasteiger partial charge in [0.1, 0.15) is 0 Å². The third-order valence-electron chi connectivity index (χ3n) is 0.341. The topological polar surface area (TPSA) is 46.5 Å². The van der Waals surface area contributed by atoms with Gasteiger partial charge in [0.2, 0.25) is 0 Å². The Kier molecular flexibility index (Phi) is 3.20. The molecule has 0 rings (SSSR count). The van der Waals surface area contributed by atoms with Gasteiger partial charge in [0.25, 0.3) is 0 Å². The van der Waals surface area contributed by atoms with E-state index in [4.69, 9.17) is 4.89 Å². The van der Waals surface area contributed by atoms with E-state index in [-0.39, 0.29) is 6.10 Å². The predicted molar refractivity (Wildman–Crippen MR) is 35.0 cm³/mol. The lowest BCUT2D eigenvalue weighted by atomic mass is 10.5. The normalized spacial score (nSPS) is 18.6. The van der Waals surface area contributed by atoms with Crippen molar-refractivity contribution in [1.82, 2.24) is 0 Å². The van der Waals surface area contributed by atoms with Crippen LogP contribution < -0.4 is 0 Å². The summed E-state index contributed by atoms with van der Waals surface area (Å²) < 4.78 is 14.7. The molecule has 0 aliphatic carbocycles. The standard InChI is InChI=1S/C3H8BrO3P/c1-3(2)7-8(4,5)6/h3H,1-2H3,(H,5,6). The first-order valence-electron chi connectivity index (χ1n) is 2.12. The third-order valence-corrected chi connectivity index (χ3v) is 1.52. The lowest BCUT2D eigenvalue weighted by Crippen LogP contribution is -1.95. The fraction of sp³-hybridized carbons (Fsp3) is 1.00. The van der Waals surface area contributed by atoms with E-state index in [0.717, 1.165) is 0 Å². The molecule has 1 unspecified atom stereocenters. The van der Waals surface area contributed by atoms with Gasteiger partial charge in [-0.15, -0.1) is 0 Å². The maximum absolute atomic E-state index is 10.3. The largest absolute Gasteiger partial charge is 0.393 e. The number of hydrogen-bond donors (Lipinski definition) is 1. The summed E-state index contributed by atoms with van der Waals surface area (Å²) in [6.45, 7) is 3.37.